The highest BCUT2D eigenvalue weighted by Gasteiger charge is 2.30. The van der Waals surface area contributed by atoms with E-state index >= 15 is 0 Å². The molecule has 0 radical (unpaired) electrons. The first-order valence-corrected chi connectivity index (χ1v) is 6.12. The van der Waals surface area contributed by atoms with E-state index in [1.807, 2.05) is 22.6 Å². The minimum atomic E-state index is -4.44. The lowest BCUT2D eigenvalue weighted by Crippen LogP contribution is -3.00. The predicted molar refractivity (Wildman–Crippen MR) is 60.3 cm³/mol. The number of rotatable bonds is 2. The van der Waals surface area contributed by atoms with E-state index in [2.05, 4.69) is 4.98 Å². The van der Waals surface area contributed by atoms with Crippen LogP contribution in [0.1, 0.15) is 0 Å². The summed E-state index contributed by atoms with van der Waals surface area (Å²) in [6, 6.07) is 2.65. The normalized spacial score (nSPS) is 10.1. The summed E-state index contributed by atoms with van der Waals surface area (Å²) in [7, 11) is -3.14. The maximum absolute atomic E-state index is 11.0. The lowest BCUT2D eigenvalue weighted by Gasteiger charge is -2.00. The van der Waals surface area contributed by atoms with Crippen LogP contribution >= 0.6 is 22.6 Å². The third-order valence-electron chi connectivity index (χ3n) is 1.60. The summed E-state index contributed by atoms with van der Waals surface area (Å²) >= 11 is 1.85. The zero-order valence-corrected chi connectivity index (χ0v) is 11.6. The average molecular weight is 377 g/mol. The molecule has 6 nitrogen and oxygen atoms in total. The van der Waals surface area contributed by atoms with Crippen LogP contribution in [0, 0.1) is 8.96 Å². The Morgan fingerprint density at radius 2 is 2.06 bits per heavy atom. The second kappa shape index (κ2) is 5.62. The number of hydrogen-bond donors (Lipinski definition) is 1. The first kappa shape index (κ1) is 15.4. The molecule has 0 unspecified atom stereocenters. The molecule has 0 saturated heterocycles. The second-order valence-corrected chi connectivity index (χ2v) is 5.17. The Morgan fingerprint density at radius 1 is 1.50 bits per heavy atom. The maximum atomic E-state index is 11.0. The quantitative estimate of drug-likeness (QED) is 0.408. The standard InChI is InChI=1S/C7H5IN2O4S.ClH/c1-14-5-2-4(8)3-6(7(5)10-9)15(11,12)13;/h2-3H,1H3;1H. The van der Waals surface area contributed by atoms with E-state index in [4.69, 9.17) is 14.7 Å². The summed E-state index contributed by atoms with van der Waals surface area (Å²) in [6.45, 7) is 0. The van der Waals surface area contributed by atoms with Gasteiger partial charge in [0.25, 0.3) is 0 Å². The average Bonchev–Trinajstić information content (AvgIpc) is 2.15. The summed E-state index contributed by atoms with van der Waals surface area (Å²) < 4.78 is 36.2. The van der Waals surface area contributed by atoms with Crippen molar-refractivity contribution in [2.45, 2.75) is 4.90 Å². The molecule has 0 spiro atoms. The van der Waals surface area contributed by atoms with Crippen LogP contribution in [0.25, 0.3) is 4.98 Å². The number of benzene rings is 1. The third kappa shape index (κ3) is 3.18. The van der Waals surface area contributed by atoms with Crippen molar-refractivity contribution in [3.8, 4) is 5.75 Å². The highest BCUT2D eigenvalue weighted by Crippen LogP contribution is 2.36. The molecule has 0 heterocycles. The van der Waals surface area contributed by atoms with E-state index in [1.54, 1.807) is 0 Å². The van der Waals surface area contributed by atoms with E-state index < -0.39 is 15.0 Å². The molecule has 9 heteroatoms. The zero-order chi connectivity index (χ0) is 11.6. The molecule has 0 fully saturated rings. The minimum absolute atomic E-state index is 0. The maximum Gasteiger partial charge on any atom is 0.447 e. The molecule has 0 aliphatic heterocycles. The van der Waals surface area contributed by atoms with Gasteiger partial charge in [-0.3, -0.25) is 4.55 Å². The molecule has 1 aromatic carbocycles. The monoisotopic (exact) mass is 376 g/mol. The second-order valence-electron chi connectivity index (χ2n) is 2.53. The molecule has 0 aliphatic rings. The lowest BCUT2D eigenvalue weighted by atomic mass is 10.3. The summed E-state index contributed by atoms with van der Waals surface area (Å²) in [4.78, 5) is 2.29. The van der Waals surface area contributed by atoms with Crippen molar-refractivity contribution in [2.75, 3.05) is 7.11 Å². The number of ether oxygens (including phenoxy) is 1. The number of methoxy groups -OCH3 is 1. The minimum Gasteiger partial charge on any atom is -1.00 e. The van der Waals surface area contributed by atoms with E-state index in [0.29, 0.717) is 3.57 Å². The van der Waals surface area contributed by atoms with Crippen LogP contribution in [0.15, 0.2) is 17.0 Å². The van der Waals surface area contributed by atoms with Gasteiger partial charge in [0.1, 0.15) is 0 Å². The Labute approximate surface area is 112 Å². The molecule has 1 N–H and O–H groups in total. The molecule has 0 bridgehead atoms. The number of nitrogens with zero attached hydrogens (tertiary/aromatic N) is 2. The fraction of sp³-hybridized carbons (Fsp3) is 0.143. The van der Waals surface area contributed by atoms with Gasteiger partial charge in [-0.2, -0.15) is 8.42 Å². The highest BCUT2D eigenvalue weighted by molar-refractivity contribution is 14.1. The number of diazo groups is 1. The van der Waals surface area contributed by atoms with Gasteiger partial charge in [-0.15, -0.1) is 0 Å². The molecular formula is C7H6ClIN2O4S. The van der Waals surface area contributed by atoms with Crippen LogP contribution in [0.2, 0.25) is 0 Å². The fourth-order valence-electron chi connectivity index (χ4n) is 1.00. The van der Waals surface area contributed by atoms with E-state index in [-0.39, 0.29) is 23.8 Å². The van der Waals surface area contributed by atoms with Gasteiger partial charge in [-0.25, -0.2) is 0 Å². The van der Waals surface area contributed by atoms with Crippen molar-refractivity contribution in [3.63, 3.8) is 0 Å². The van der Waals surface area contributed by atoms with Gasteiger partial charge >= 0.3 is 15.8 Å². The van der Waals surface area contributed by atoms with Crippen molar-refractivity contribution in [1.29, 1.82) is 5.39 Å². The number of hydrogen-bond acceptors (Lipinski definition) is 4. The van der Waals surface area contributed by atoms with Gasteiger partial charge in [-0.05, 0) is 28.7 Å². The molecule has 1 aromatic rings. The highest BCUT2D eigenvalue weighted by atomic mass is 127. The van der Waals surface area contributed by atoms with E-state index in [1.165, 1.54) is 19.2 Å². The Hall–Kier alpha value is -0.630. The van der Waals surface area contributed by atoms with Crippen LogP contribution < -0.4 is 17.1 Å². The van der Waals surface area contributed by atoms with Crippen LogP contribution in [0.4, 0.5) is 5.69 Å². The fourth-order valence-corrected chi connectivity index (χ4v) is 2.47. The van der Waals surface area contributed by atoms with Crippen LogP contribution in [0.3, 0.4) is 0 Å². The molecule has 88 valence electrons. The van der Waals surface area contributed by atoms with Gasteiger partial charge in [0, 0.05) is 9.64 Å². The van der Waals surface area contributed by atoms with Crippen LogP contribution in [-0.2, 0) is 10.1 Å². The SMILES string of the molecule is COc1cc(I)cc(S(=O)(=O)O)c1[N+]#N.[Cl-]. The topological polar surface area (TPSA) is 91.8 Å². The Kier molecular flexibility index (Phi) is 5.40. The van der Waals surface area contributed by atoms with Crippen molar-refractivity contribution in [2.24, 2.45) is 0 Å². The zero-order valence-electron chi connectivity index (χ0n) is 7.89. The predicted octanol–water partition coefficient (Wildman–Crippen LogP) is -0.965. The van der Waals surface area contributed by atoms with E-state index in [0.717, 1.165) is 0 Å². The van der Waals surface area contributed by atoms with Crippen molar-refractivity contribution in [3.05, 3.63) is 20.7 Å². The first-order chi connectivity index (χ1) is 6.90. The molecule has 0 aliphatic carbocycles. The summed E-state index contributed by atoms with van der Waals surface area (Å²) in [5, 5.41) is 8.65. The molecule has 0 atom stereocenters. The van der Waals surface area contributed by atoms with Gasteiger partial charge in [0.15, 0.2) is 9.87 Å². The molecule has 0 aromatic heterocycles. The van der Waals surface area contributed by atoms with Crippen LogP contribution in [-0.4, -0.2) is 20.1 Å². The van der Waals surface area contributed by atoms with Gasteiger partial charge in [-0.1, -0.05) is 0 Å². The van der Waals surface area contributed by atoms with Crippen molar-refractivity contribution < 1.29 is 30.1 Å². The summed E-state index contributed by atoms with van der Waals surface area (Å²) in [5.74, 6) is 0.0667. The van der Waals surface area contributed by atoms with Gasteiger partial charge < -0.3 is 17.1 Å². The Balaban J connectivity index is 0.00000225. The Bertz CT molecular complexity index is 540. The largest absolute Gasteiger partial charge is 1.00 e. The molecule has 0 saturated carbocycles. The Morgan fingerprint density at radius 3 is 2.44 bits per heavy atom. The smallest absolute Gasteiger partial charge is 0.447 e. The number of halogens is 2. The molecule has 0 amide bonds. The van der Waals surface area contributed by atoms with Crippen molar-refractivity contribution >= 4 is 38.4 Å². The third-order valence-corrected chi connectivity index (χ3v) is 3.09. The lowest BCUT2D eigenvalue weighted by molar-refractivity contribution is -0.00000759. The van der Waals surface area contributed by atoms with Crippen molar-refractivity contribution in [1.82, 2.24) is 0 Å². The summed E-state index contributed by atoms with van der Waals surface area (Å²) in [6.07, 6.45) is 0. The molecule has 1 rings (SSSR count). The first-order valence-electron chi connectivity index (χ1n) is 3.60. The van der Waals surface area contributed by atoms with E-state index in [9.17, 15) is 8.42 Å². The summed E-state index contributed by atoms with van der Waals surface area (Å²) in [5.41, 5.74) is -0.319. The van der Waals surface area contributed by atoms with Gasteiger partial charge in [0.2, 0.25) is 11.1 Å². The molecular weight excluding hydrogens is 371 g/mol. The van der Waals surface area contributed by atoms with Gasteiger partial charge in [0.05, 0.1) is 7.11 Å². The molecule has 16 heavy (non-hydrogen) atoms. The van der Waals surface area contributed by atoms with Crippen LogP contribution in [0.5, 0.6) is 5.75 Å².